The van der Waals surface area contributed by atoms with E-state index in [4.69, 9.17) is 4.74 Å². The number of hydrogen-bond acceptors (Lipinski definition) is 4. The van der Waals surface area contributed by atoms with Crippen molar-refractivity contribution >= 4 is 11.5 Å². The zero-order valence-corrected chi connectivity index (χ0v) is 15.4. The molecule has 1 N–H and O–H groups in total. The van der Waals surface area contributed by atoms with E-state index < -0.39 is 6.10 Å². The Hall–Kier alpha value is -1.85. The maximum Gasteiger partial charge on any atom is 0.247 e. The van der Waals surface area contributed by atoms with E-state index in [1.54, 1.807) is 13.2 Å². The Morgan fingerprint density at radius 3 is 2.52 bits per heavy atom. The van der Waals surface area contributed by atoms with Gasteiger partial charge in [-0.3, -0.25) is 4.79 Å². The highest BCUT2D eigenvalue weighted by Gasteiger charge is 2.47. The second-order valence-corrected chi connectivity index (χ2v) is 7.39. The summed E-state index contributed by atoms with van der Waals surface area (Å²) >= 11 is 0. The third-order valence-corrected chi connectivity index (χ3v) is 5.65. The molecular weight excluding hydrogens is 316 g/mol. The number of piperidine rings is 1. The van der Waals surface area contributed by atoms with Crippen molar-refractivity contribution in [2.24, 2.45) is 0 Å². The number of carbonyl (C=O) groups is 1. The molecule has 2 heterocycles. The van der Waals surface area contributed by atoms with E-state index in [1.807, 2.05) is 36.1 Å². The van der Waals surface area contributed by atoms with Crippen molar-refractivity contribution in [1.82, 2.24) is 9.80 Å². The zero-order valence-electron chi connectivity index (χ0n) is 15.4. The van der Waals surface area contributed by atoms with Crippen molar-refractivity contribution in [1.29, 1.82) is 0 Å². The molecule has 0 radical (unpaired) electrons. The van der Waals surface area contributed by atoms with Gasteiger partial charge in [0.05, 0.1) is 13.2 Å². The van der Waals surface area contributed by atoms with Crippen LogP contribution in [0.15, 0.2) is 30.3 Å². The summed E-state index contributed by atoms with van der Waals surface area (Å²) < 4.78 is 5.18. The molecule has 0 saturated carbocycles. The summed E-state index contributed by atoms with van der Waals surface area (Å²) in [6.07, 6.45) is 3.85. The fraction of sp³-hybridized carbons (Fsp3) is 0.550. The predicted molar refractivity (Wildman–Crippen MR) is 98.4 cm³/mol. The molecule has 25 heavy (non-hydrogen) atoms. The van der Waals surface area contributed by atoms with Crippen LogP contribution in [0.5, 0.6) is 5.75 Å². The van der Waals surface area contributed by atoms with E-state index >= 15 is 0 Å². The van der Waals surface area contributed by atoms with E-state index in [0.29, 0.717) is 13.0 Å². The van der Waals surface area contributed by atoms with Gasteiger partial charge < -0.3 is 19.6 Å². The molecule has 1 aromatic rings. The number of methoxy groups -OCH3 is 1. The van der Waals surface area contributed by atoms with Gasteiger partial charge in [0.15, 0.2) is 0 Å². The number of rotatable bonds is 3. The van der Waals surface area contributed by atoms with Gasteiger partial charge in [0.1, 0.15) is 5.75 Å². The highest BCUT2D eigenvalue weighted by molar-refractivity contribution is 5.95. The standard InChI is InChI=1S/C20H28N2O3/c1-15(16-4-6-18(25-3)7-5-16)12-19(24)22-14-17(23)13-20(22)8-10-21(2)11-9-20/h4-7,12,17,23H,8-11,13-14H2,1-3H3/b15-12+. The number of hydrogen-bond donors (Lipinski definition) is 1. The zero-order chi connectivity index (χ0) is 18.0. The molecule has 2 aliphatic heterocycles. The number of aliphatic hydroxyl groups excluding tert-OH is 1. The fourth-order valence-electron chi connectivity index (χ4n) is 4.05. The molecule has 0 bridgehead atoms. The van der Waals surface area contributed by atoms with Crippen molar-refractivity contribution in [2.45, 2.75) is 37.8 Å². The maximum atomic E-state index is 13.0. The van der Waals surface area contributed by atoms with Crippen LogP contribution in [0.3, 0.4) is 0 Å². The van der Waals surface area contributed by atoms with Crippen molar-refractivity contribution in [3.05, 3.63) is 35.9 Å². The van der Waals surface area contributed by atoms with Crippen LogP contribution in [0.2, 0.25) is 0 Å². The first kappa shape index (κ1) is 18.0. The topological polar surface area (TPSA) is 53.0 Å². The molecule has 1 unspecified atom stereocenters. The number of nitrogens with zero attached hydrogens (tertiary/aromatic N) is 2. The molecule has 2 aliphatic rings. The van der Waals surface area contributed by atoms with Gasteiger partial charge in [-0.05, 0) is 56.5 Å². The van der Waals surface area contributed by atoms with Gasteiger partial charge in [-0.25, -0.2) is 0 Å². The molecule has 0 aromatic heterocycles. The summed E-state index contributed by atoms with van der Waals surface area (Å²) in [7, 11) is 3.75. The lowest BCUT2D eigenvalue weighted by Crippen LogP contribution is -2.53. The summed E-state index contributed by atoms with van der Waals surface area (Å²) in [5.74, 6) is 0.810. The molecule has 2 saturated heterocycles. The summed E-state index contributed by atoms with van der Waals surface area (Å²) in [5, 5.41) is 10.2. The van der Waals surface area contributed by atoms with Gasteiger partial charge in [0.25, 0.3) is 0 Å². The molecule has 1 atom stereocenters. The first-order valence-corrected chi connectivity index (χ1v) is 8.94. The minimum Gasteiger partial charge on any atom is -0.497 e. The first-order chi connectivity index (χ1) is 11.9. The van der Waals surface area contributed by atoms with Gasteiger partial charge in [0, 0.05) is 31.2 Å². The summed E-state index contributed by atoms with van der Waals surface area (Å²) in [6.45, 7) is 4.33. The average Bonchev–Trinajstić information content (AvgIpc) is 2.94. The Morgan fingerprint density at radius 2 is 1.92 bits per heavy atom. The predicted octanol–water partition coefficient (Wildman–Crippen LogP) is 2.16. The molecule has 5 heteroatoms. The second kappa shape index (κ2) is 7.18. The number of aliphatic hydroxyl groups is 1. The molecule has 1 aromatic carbocycles. The van der Waals surface area contributed by atoms with Crippen LogP contribution >= 0.6 is 0 Å². The Bertz CT molecular complexity index is 645. The van der Waals surface area contributed by atoms with Crippen LogP contribution in [0.25, 0.3) is 5.57 Å². The normalized spacial score (nSPS) is 23.9. The molecule has 136 valence electrons. The minimum absolute atomic E-state index is 0.00872. The lowest BCUT2D eigenvalue weighted by Gasteiger charge is -2.43. The second-order valence-electron chi connectivity index (χ2n) is 7.39. The van der Waals surface area contributed by atoms with Gasteiger partial charge in [0.2, 0.25) is 5.91 Å². The number of benzene rings is 1. The maximum absolute atomic E-state index is 13.0. The van der Waals surface area contributed by atoms with Gasteiger partial charge in [-0.15, -0.1) is 0 Å². The smallest absolute Gasteiger partial charge is 0.247 e. The fourth-order valence-corrected chi connectivity index (χ4v) is 4.05. The van der Waals surface area contributed by atoms with Crippen molar-refractivity contribution in [2.75, 3.05) is 33.8 Å². The third-order valence-electron chi connectivity index (χ3n) is 5.65. The number of likely N-dealkylation sites (tertiary alicyclic amines) is 2. The van der Waals surface area contributed by atoms with Gasteiger partial charge in [-0.1, -0.05) is 12.1 Å². The Labute approximate surface area is 149 Å². The van der Waals surface area contributed by atoms with Crippen LogP contribution in [0.4, 0.5) is 0 Å². The molecule has 1 spiro atoms. The van der Waals surface area contributed by atoms with Crippen LogP contribution < -0.4 is 4.74 Å². The number of carbonyl (C=O) groups excluding carboxylic acids is 1. The van der Waals surface area contributed by atoms with Gasteiger partial charge in [-0.2, -0.15) is 0 Å². The Morgan fingerprint density at radius 1 is 1.28 bits per heavy atom. The Kier molecular flexibility index (Phi) is 5.16. The average molecular weight is 344 g/mol. The molecule has 1 amide bonds. The lowest BCUT2D eigenvalue weighted by molar-refractivity contribution is -0.131. The van der Waals surface area contributed by atoms with Crippen molar-refractivity contribution < 1.29 is 14.6 Å². The third kappa shape index (κ3) is 3.72. The van der Waals surface area contributed by atoms with E-state index in [-0.39, 0.29) is 11.4 Å². The number of allylic oxidation sites excluding steroid dienone is 1. The quantitative estimate of drug-likeness (QED) is 0.854. The number of β-amino-alcohol motifs (C(OH)–C–C–N with tert-alkyl or cyclic N) is 1. The molecule has 2 fully saturated rings. The molecule has 5 nitrogen and oxygen atoms in total. The largest absolute Gasteiger partial charge is 0.497 e. The van der Waals surface area contributed by atoms with Crippen LogP contribution in [-0.4, -0.2) is 66.2 Å². The van der Waals surface area contributed by atoms with E-state index in [1.165, 1.54) is 0 Å². The van der Waals surface area contributed by atoms with E-state index in [9.17, 15) is 9.90 Å². The highest BCUT2D eigenvalue weighted by Crippen LogP contribution is 2.38. The van der Waals surface area contributed by atoms with E-state index in [2.05, 4.69) is 11.9 Å². The minimum atomic E-state index is -0.415. The monoisotopic (exact) mass is 344 g/mol. The van der Waals surface area contributed by atoms with Crippen LogP contribution in [0.1, 0.15) is 31.7 Å². The summed E-state index contributed by atoms with van der Waals surface area (Å²) in [4.78, 5) is 17.2. The Balaban J connectivity index is 1.78. The molecule has 3 rings (SSSR count). The summed E-state index contributed by atoms with van der Waals surface area (Å²) in [5.41, 5.74) is 1.75. The highest BCUT2D eigenvalue weighted by atomic mass is 16.5. The van der Waals surface area contributed by atoms with Crippen molar-refractivity contribution in [3.63, 3.8) is 0 Å². The number of ether oxygens (including phenoxy) is 1. The molecule has 0 aliphatic carbocycles. The SMILES string of the molecule is COc1ccc(/C(C)=C/C(=O)N2CC(O)CC23CCN(C)CC3)cc1. The van der Waals surface area contributed by atoms with Crippen LogP contribution in [0, 0.1) is 0 Å². The van der Waals surface area contributed by atoms with Crippen LogP contribution in [-0.2, 0) is 4.79 Å². The number of amides is 1. The summed E-state index contributed by atoms with van der Waals surface area (Å²) in [6, 6.07) is 7.72. The molecular formula is C20H28N2O3. The lowest BCUT2D eigenvalue weighted by atomic mass is 9.84. The van der Waals surface area contributed by atoms with E-state index in [0.717, 1.165) is 42.8 Å². The van der Waals surface area contributed by atoms with Gasteiger partial charge >= 0.3 is 0 Å². The first-order valence-electron chi connectivity index (χ1n) is 8.94. The van der Waals surface area contributed by atoms with Crippen molar-refractivity contribution in [3.8, 4) is 5.75 Å².